The molecule has 0 aliphatic rings. The number of halogens is 3. The van der Waals surface area contributed by atoms with Gasteiger partial charge in [0.15, 0.2) is 0 Å². The maximum atomic E-state index is 12.5. The summed E-state index contributed by atoms with van der Waals surface area (Å²) in [6, 6.07) is 14.0. The molecule has 0 unspecified atom stereocenters. The zero-order valence-corrected chi connectivity index (χ0v) is 14.4. The fourth-order valence-electron chi connectivity index (χ4n) is 2.66. The molecule has 0 saturated carbocycles. The average Bonchev–Trinajstić information content (AvgIpc) is 2.92. The molecule has 0 aliphatic heterocycles. The summed E-state index contributed by atoms with van der Waals surface area (Å²) in [5.74, 6) is -1.21. The van der Waals surface area contributed by atoms with E-state index in [1.807, 2.05) is 18.2 Å². The molecule has 0 radical (unpaired) electrons. The molecule has 0 aliphatic carbocycles. The normalized spacial score (nSPS) is 12.3. The van der Waals surface area contributed by atoms with Crippen molar-refractivity contribution in [1.82, 2.24) is 4.57 Å². The first kappa shape index (κ1) is 18.8. The number of nitrogens with zero attached hydrogens (tertiary/aromatic N) is 1. The summed E-state index contributed by atoms with van der Waals surface area (Å²) in [6.07, 6.45) is 0. The zero-order chi connectivity index (χ0) is 19.8. The molecule has 3 aromatic rings. The Morgan fingerprint density at radius 3 is 2.33 bits per heavy atom. The topological polar surface area (TPSA) is 88.4 Å². The summed E-state index contributed by atoms with van der Waals surface area (Å²) in [5.41, 5.74) is -4.54. The fourth-order valence-corrected chi connectivity index (χ4v) is 3.21. The molecule has 3 rings (SSSR count). The van der Waals surface area contributed by atoms with Gasteiger partial charge in [0, 0.05) is 23.1 Å². The Bertz CT molecular complexity index is 1110. The first-order chi connectivity index (χ1) is 12.6. The second-order valence-corrected chi connectivity index (χ2v) is 7.41. The molecule has 10 heteroatoms. The van der Waals surface area contributed by atoms with E-state index in [0.717, 1.165) is 17.7 Å². The third-order valence-corrected chi connectivity index (χ3v) is 4.97. The lowest BCUT2D eigenvalue weighted by Gasteiger charge is -2.11. The number of benzene rings is 2. The maximum absolute atomic E-state index is 12.5. The van der Waals surface area contributed by atoms with Gasteiger partial charge >= 0.3 is 21.5 Å². The van der Waals surface area contributed by atoms with Crippen LogP contribution in [0.4, 0.5) is 18.9 Å². The van der Waals surface area contributed by atoms with Crippen LogP contribution in [0.25, 0.3) is 10.9 Å². The molecule has 0 saturated heterocycles. The van der Waals surface area contributed by atoms with Crippen LogP contribution in [0, 0.1) is 0 Å². The Kier molecular flexibility index (Phi) is 4.60. The molecule has 142 valence electrons. The third-order valence-electron chi connectivity index (χ3n) is 3.86. The summed E-state index contributed by atoms with van der Waals surface area (Å²) in [6.45, 7) is 0.236. The number of carboxylic acids is 1. The minimum absolute atomic E-state index is 0.0651. The van der Waals surface area contributed by atoms with Crippen molar-refractivity contribution < 1.29 is 31.5 Å². The van der Waals surface area contributed by atoms with E-state index in [2.05, 4.69) is 0 Å². The predicted octanol–water partition coefficient (Wildman–Crippen LogP) is 3.65. The van der Waals surface area contributed by atoms with Crippen molar-refractivity contribution in [1.29, 1.82) is 0 Å². The largest absolute Gasteiger partial charge is 0.516 e. The van der Waals surface area contributed by atoms with Crippen molar-refractivity contribution in [3.63, 3.8) is 0 Å². The van der Waals surface area contributed by atoms with Crippen LogP contribution < -0.4 is 4.72 Å². The van der Waals surface area contributed by atoms with Gasteiger partial charge in [-0.1, -0.05) is 30.3 Å². The maximum Gasteiger partial charge on any atom is 0.516 e. The Hall–Kier alpha value is -3.01. The van der Waals surface area contributed by atoms with Crippen molar-refractivity contribution in [3.05, 3.63) is 65.9 Å². The fraction of sp³-hybridized carbons (Fsp3) is 0.118. The molecule has 0 amide bonds. The third kappa shape index (κ3) is 3.75. The van der Waals surface area contributed by atoms with Gasteiger partial charge in [0.1, 0.15) is 5.69 Å². The molecular weight excluding hydrogens is 385 g/mol. The van der Waals surface area contributed by atoms with Gasteiger partial charge in [0.2, 0.25) is 0 Å². The molecule has 27 heavy (non-hydrogen) atoms. The van der Waals surface area contributed by atoms with Crippen LogP contribution in [0.15, 0.2) is 54.6 Å². The first-order valence-electron chi connectivity index (χ1n) is 7.58. The van der Waals surface area contributed by atoms with Gasteiger partial charge in [0.05, 0.1) is 0 Å². The summed E-state index contributed by atoms with van der Waals surface area (Å²) in [4.78, 5) is 11.5. The minimum atomic E-state index is -5.56. The Labute approximate surface area is 151 Å². The monoisotopic (exact) mass is 398 g/mol. The predicted molar refractivity (Wildman–Crippen MR) is 93.0 cm³/mol. The van der Waals surface area contributed by atoms with Gasteiger partial charge in [-0.15, -0.1) is 0 Å². The van der Waals surface area contributed by atoms with Crippen LogP contribution in [0.2, 0.25) is 0 Å². The van der Waals surface area contributed by atoms with Gasteiger partial charge in [-0.3, -0.25) is 4.72 Å². The number of sulfonamides is 1. The first-order valence-corrected chi connectivity index (χ1v) is 9.06. The van der Waals surface area contributed by atoms with Crippen LogP contribution in [0.3, 0.4) is 0 Å². The highest BCUT2D eigenvalue weighted by molar-refractivity contribution is 7.93. The SMILES string of the molecule is O=C(O)c1cc2cc(NS(=O)(=O)C(F)(F)F)ccc2n1Cc1ccccc1. The summed E-state index contributed by atoms with van der Waals surface area (Å²) in [5, 5.41) is 9.72. The second-order valence-electron chi connectivity index (χ2n) is 5.73. The molecule has 0 fully saturated rings. The van der Waals surface area contributed by atoms with Crippen LogP contribution in [0.5, 0.6) is 0 Å². The van der Waals surface area contributed by atoms with Crippen molar-refractivity contribution >= 4 is 32.6 Å². The Morgan fingerprint density at radius 1 is 1.07 bits per heavy atom. The minimum Gasteiger partial charge on any atom is -0.477 e. The number of aromatic nitrogens is 1. The van der Waals surface area contributed by atoms with Crippen molar-refractivity contribution in [2.75, 3.05) is 4.72 Å². The van der Waals surface area contributed by atoms with E-state index in [1.54, 1.807) is 12.1 Å². The number of carbonyl (C=O) groups is 1. The second kappa shape index (κ2) is 6.62. The quantitative estimate of drug-likeness (QED) is 0.687. The van der Waals surface area contributed by atoms with Crippen LogP contribution >= 0.6 is 0 Å². The van der Waals surface area contributed by atoms with Crippen molar-refractivity contribution in [2.24, 2.45) is 0 Å². The van der Waals surface area contributed by atoms with E-state index in [0.29, 0.717) is 10.9 Å². The van der Waals surface area contributed by atoms with E-state index in [9.17, 15) is 31.5 Å². The molecule has 0 bridgehead atoms. The molecule has 2 aromatic carbocycles. The van der Waals surface area contributed by atoms with Gasteiger partial charge in [-0.2, -0.15) is 21.6 Å². The average molecular weight is 398 g/mol. The Morgan fingerprint density at radius 2 is 1.74 bits per heavy atom. The highest BCUT2D eigenvalue weighted by Gasteiger charge is 2.46. The number of hydrogen-bond acceptors (Lipinski definition) is 3. The lowest BCUT2D eigenvalue weighted by Crippen LogP contribution is -2.29. The number of aromatic carboxylic acids is 1. The number of rotatable bonds is 5. The molecule has 6 nitrogen and oxygen atoms in total. The lowest BCUT2D eigenvalue weighted by atomic mass is 10.2. The molecule has 2 N–H and O–H groups in total. The smallest absolute Gasteiger partial charge is 0.477 e. The number of hydrogen-bond donors (Lipinski definition) is 2. The zero-order valence-electron chi connectivity index (χ0n) is 13.6. The van der Waals surface area contributed by atoms with E-state index >= 15 is 0 Å². The van der Waals surface area contributed by atoms with Crippen molar-refractivity contribution in [2.45, 2.75) is 12.1 Å². The summed E-state index contributed by atoms with van der Waals surface area (Å²) >= 11 is 0. The standard InChI is InChI=1S/C17H13F3N2O4S/c18-17(19,20)27(25,26)21-13-6-7-14-12(8-13)9-15(16(23)24)22(14)10-11-4-2-1-3-5-11/h1-9,21H,10H2,(H,23,24). The summed E-state index contributed by atoms with van der Waals surface area (Å²) < 4.78 is 63.0. The van der Waals surface area contributed by atoms with E-state index in [-0.39, 0.29) is 17.9 Å². The number of nitrogens with one attached hydrogen (secondary N) is 1. The van der Waals surface area contributed by atoms with E-state index in [1.165, 1.54) is 21.4 Å². The lowest BCUT2D eigenvalue weighted by molar-refractivity contribution is -0.0429. The van der Waals surface area contributed by atoms with Gasteiger partial charge in [-0.25, -0.2) is 4.79 Å². The molecule has 0 atom stereocenters. The molecule has 1 heterocycles. The number of fused-ring (bicyclic) bond motifs is 1. The molecular formula is C17H13F3N2O4S. The van der Waals surface area contributed by atoms with Gasteiger partial charge in [-0.05, 0) is 29.8 Å². The van der Waals surface area contributed by atoms with E-state index in [4.69, 9.17) is 0 Å². The summed E-state index contributed by atoms with van der Waals surface area (Å²) in [7, 11) is -5.56. The van der Waals surface area contributed by atoms with Crippen LogP contribution in [0.1, 0.15) is 16.1 Å². The van der Waals surface area contributed by atoms with Gasteiger partial charge < -0.3 is 9.67 Å². The highest BCUT2D eigenvalue weighted by Crippen LogP contribution is 2.29. The van der Waals surface area contributed by atoms with Crippen LogP contribution in [-0.4, -0.2) is 29.6 Å². The Balaban J connectivity index is 2.05. The number of alkyl halides is 3. The van der Waals surface area contributed by atoms with Crippen molar-refractivity contribution in [3.8, 4) is 0 Å². The number of anilines is 1. The molecule has 0 spiro atoms. The van der Waals surface area contributed by atoms with Gasteiger partial charge in [0.25, 0.3) is 0 Å². The highest BCUT2D eigenvalue weighted by atomic mass is 32.2. The molecule has 1 aromatic heterocycles. The van der Waals surface area contributed by atoms with Crippen LogP contribution in [-0.2, 0) is 16.6 Å². The van der Waals surface area contributed by atoms with E-state index < -0.39 is 21.5 Å². The number of carboxylic acid groups (broad SMARTS) is 1.